The maximum Gasteiger partial charge on any atom is 0.408 e. The smallest absolute Gasteiger partial charge is 0.408 e. The Morgan fingerprint density at radius 3 is 2.42 bits per heavy atom. The SMILES string of the molecule is CN(c1ccc(F)cc1)c1cc([C@@H]2CCCN2C(=O)[C@@H](NC(=O)OC(C)(C)C)C2CCCCC2)c(F)cn1. The zero-order valence-corrected chi connectivity index (χ0v) is 22.7. The molecule has 7 nitrogen and oxygen atoms in total. The van der Waals surface area contributed by atoms with Crippen LogP contribution < -0.4 is 10.2 Å². The number of nitrogens with one attached hydrogen (secondary N) is 1. The molecule has 1 aliphatic carbocycles. The topological polar surface area (TPSA) is 74.8 Å². The Morgan fingerprint density at radius 1 is 1.08 bits per heavy atom. The first-order valence-corrected chi connectivity index (χ1v) is 13.5. The quantitative estimate of drug-likeness (QED) is 0.479. The van der Waals surface area contributed by atoms with E-state index < -0.39 is 29.6 Å². The van der Waals surface area contributed by atoms with Crippen LogP contribution in [0.25, 0.3) is 0 Å². The van der Waals surface area contributed by atoms with Crippen molar-refractivity contribution in [3.63, 3.8) is 0 Å². The molecule has 0 bridgehead atoms. The summed E-state index contributed by atoms with van der Waals surface area (Å²) in [6, 6.07) is 6.43. The van der Waals surface area contributed by atoms with E-state index in [0.717, 1.165) is 38.5 Å². The first kappa shape index (κ1) is 27.8. The van der Waals surface area contributed by atoms with Gasteiger partial charge in [0.15, 0.2) is 0 Å². The van der Waals surface area contributed by atoms with Crippen LogP contribution in [0.15, 0.2) is 36.5 Å². The molecule has 0 unspecified atom stereocenters. The van der Waals surface area contributed by atoms with Gasteiger partial charge in [0, 0.05) is 24.8 Å². The molecular formula is C29H38F2N4O3. The number of halogens is 2. The van der Waals surface area contributed by atoms with E-state index in [2.05, 4.69) is 10.3 Å². The van der Waals surface area contributed by atoms with Crippen LogP contribution in [0.5, 0.6) is 0 Å². The van der Waals surface area contributed by atoms with Crippen LogP contribution in [-0.2, 0) is 9.53 Å². The van der Waals surface area contributed by atoms with Crippen molar-refractivity contribution in [1.29, 1.82) is 0 Å². The number of ether oxygens (including phenoxy) is 1. The molecule has 2 aromatic rings. The van der Waals surface area contributed by atoms with Crippen molar-refractivity contribution in [3.05, 3.63) is 53.7 Å². The Morgan fingerprint density at radius 2 is 1.76 bits per heavy atom. The third-order valence-corrected chi connectivity index (χ3v) is 7.38. The average molecular weight is 529 g/mol. The molecule has 1 aromatic carbocycles. The van der Waals surface area contributed by atoms with Crippen molar-refractivity contribution in [3.8, 4) is 0 Å². The van der Waals surface area contributed by atoms with Crippen molar-refractivity contribution in [2.75, 3.05) is 18.5 Å². The van der Waals surface area contributed by atoms with Crippen molar-refractivity contribution in [2.45, 2.75) is 83.4 Å². The van der Waals surface area contributed by atoms with Gasteiger partial charge in [-0.25, -0.2) is 18.6 Å². The lowest BCUT2D eigenvalue weighted by Crippen LogP contribution is -2.53. The summed E-state index contributed by atoms with van der Waals surface area (Å²) in [4.78, 5) is 34.4. The van der Waals surface area contributed by atoms with Gasteiger partial charge in [0.1, 0.15) is 29.1 Å². The molecule has 2 aliphatic rings. The van der Waals surface area contributed by atoms with Gasteiger partial charge < -0.3 is 19.9 Å². The zero-order valence-electron chi connectivity index (χ0n) is 22.7. The molecule has 2 amide bonds. The fraction of sp³-hybridized carbons (Fsp3) is 0.552. The van der Waals surface area contributed by atoms with Crippen molar-refractivity contribution >= 4 is 23.5 Å². The second-order valence-corrected chi connectivity index (χ2v) is 11.3. The third kappa shape index (κ3) is 6.60. The van der Waals surface area contributed by atoms with Crippen molar-refractivity contribution in [1.82, 2.24) is 15.2 Å². The van der Waals surface area contributed by atoms with E-state index in [-0.39, 0.29) is 17.6 Å². The van der Waals surface area contributed by atoms with Crippen LogP contribution in [0.3, 0.4) is 0 Å². The van der Waals surface area contributed by atoms with Crippen LogP contribution >= 0.6 is 0 Å². The van der Waals surface area contributed by atoms with Crippen LogP contribution in [0.1, 0.15) is 77.3 Å². The van der Waals surface area contributed by atoms with Gasteiger partial charge >= 0.3 is 6.09 Å². The number of nitrogens with zero attached hydrogens (tertiary/aromatic N) is 3. The number of aromatic nitrogens is 1. The highest BCUT2D eigenvalue weighted by Gasteiger charge is 2.40. The highest BCUT2D eigenvalue weighted by molar-refractivity contribution is 5.86. The van der Waals surface area contributed by atoms with Gasteiger partial charge in [0.2, 0.25) is 5.91 Å². The molecule has 206 valence electrons. The predicted octanol–water partition coefficient (Wildman–Crippen LogP) is 6.26. The molecule has 2 atom stereocenters. The lowest BCUT2D eigenvalue weighted by Gasteiger charge is -2.35. The van der Waals surface area contributed by atoms with Gasteiger partial charge in [-0.1, -0.05) is 19.3 Å². The van der Waals surface area contributed by atoms with E-state index in [9.17, 15) is 14.0 Å². The van der Waals surface area contributed by atoms with Gasteiger partial charge in [-0.3, -0.25) is 4.79 Å². The van der Waals surface area contributed by atoms with E-state index in [1.54, 1.807) is 55.8 Å². The normalized spacial score (nSPS) is 19.2. The molecule has 9 heteroatoms. The molecule has 1 saturated carbocycles. The summed E-state index contributed by atoms with van der Waals surface area (Å²) < 4.78 is 34.0. The zero-order chi connectivity index (χ0) is 27.4. The van der Waals surface area contributed by atoms with E-state index >= 15 is 4.39 Å². The minimum atomic E-state index is -0.725. The molecule has 0 radical (unpaired) electrons. The Balaban J connectivity index is 1.59. The van der Waals surface area contributed by atoms with E-state index in [4.69, 9.17) is 4.74 Å². The van der Waals surface area contributed by atoms with E-state index in [0.29, 0.717) is 30.0 Å². The molecule has 1 saturated heterocycles. The monoisotopic (exact) mass is 528 g/mol. The number of amides is 2. The van der Waals surface area contributed by atoms with Gasteiger partial charge in [-0.2, -0.15) is 0 Å². The molecule has 1 aromatic heterocycles. The average Bonchev–Trinajstić information content (AvgIpc) is 3.36. The summed E-state index contributed by atoms with van der Waals surface area (Å²) in [7, 11) is 1.78. The summed E-state index contributed by atoms with van der Waals surface area (Å²) >= 11 is 0. The van der Waals surface area contributed by atoms with Crippen molar-refractivity contribution in [2.24, 2.45) is 5.92 Å². The highest BCUT2D eigenvalue weighted by atomic mass is 19.1. The van der Waals surface area contributed by atoms with Gasteiger partial charge in [-0.05, 0) is 82.7 Å². The number of anilines is 2. The number of hydrogen-bond acceptors (Lipinski definition) is 5. The van der Waals surface area contributed by atoms with Crippen LogP contribution in [0.2, 0.25) is 0 Å². The molecule has 2 fully saturated rings. The lowest BCUT2D eigenvalue weighted by molar-refractivity contribution is -0.136. The number of pyridine rings is 1. The van der Waals surface area contributed by atoms with Crippen LogP contribution in [0.4, 0.5) is 25.1 Å². The number of hydrogen-bond donors (Lipinski definition) is 1. The molecule has 1 aliphatic heterocycles. The largest absolute Gasteiger partial charge is 0.444 e. The fourth-order valence-electron chi connectivity index (χ4n) is 5.49. The fourth-order valence-corrected chi connectivity index (χ4v) is 5.49. The van der Waals surface area contributed by atoms with E-state index in [1.807, 2.05) is 0 Å². The molecular weight excluding hydrogens is 490 g/mol. The van der Waals surface area contributed by atoms with Crippen molar-refractivity contribution < 1.29 is 23.1 Å². The Hall–Kier alpha value is -3.23. The number of rotatable bonds is 6. The summed E-state index contributed by atoms with van der Waals surface area (Å²) in [6.07, 6.45) is 6.71. The number of alkyl carbamates (subject to hydrolysis) is 1. The summed E-state index contributed by atoms with van der Waals surface area (Å²) in [5.74, 6) is -0.534. The first-order chi connectivity index (χ1) is 18.0. The first-order valence-electron chi connectivity index (χ1n) is 13.5. The van der Waals surface area contributed by atoms with Gasteiger partial charge in [0.05, 0.1) is 12.2 Å². The third-order valence-electron chi connectivity index (χ3n) is 7.38. The number of carbonyl (C=O) groups excluding carboxylic acids is 2. The maximum atomic E-state index is 15.2. The second kappa shape index (κ2) is 11.7. The molecule has 2 heterocycles. The van der Waals surface area contributed by atoms with Crippen LogP contribution in [-0.4, -0.2) is 47.1 Å². The Labute approximate surface area is 223 Å². The highest BCUT2D eigenvalue weighted by Crippen LogP contribution is 2.37. The minimum Gasteiger partial charge on any atom is -0.444 e. The maximum absolute atomic E-state index is 15.2. The summed E-state index contributed by atoms with van der Waals surface area (Å²) in [5.41, 5.74) is 0.400. The molecule has 38 heavy (non-hydrogen) atoms. The molecule has 0 spiro atoms. The van der Waals surface area contributed by atoms with Crippen LogP contribution in [0, 0.1) is 17.6 Å². The second-order valence-electron chi connectivity index (χ2n) is 11.3. The molecule has 1 N–H and O–H groups in total. The molecule has 4 rings (SSSR count). The Kier molecular flexibility index (Phi) is 8.53. The van der Waals surface area contributed by atoms with Gasteiger partial charge in [-0.15, -0.1) is 0 Å². The Bertz CT molecular complexity index is 1130. The number of carbonyl (C=O) groups is 2. The predicted molar refractivity (Wildman–Crippen MR) is 142 cm³/mol. The van der Waals surface area contributed by atoms with Gasteiger partial charge in [0.25, 0.3) is 0 Å². The minimum absolute atomic E-state index is 0.00692. The van der Waals surface area contributed by atoms with E-state index in [1.165, 1.54) is 18.3 Å². The standard InChI is InChI=1S/C29H38F2N4O3/c1-29(2,3)38-28(37)33-26(19-9-6-5-7-10-19)27(36)35-16-8-11-24(35)22-17-25(32-18-23(22)31)34(4)21-14-12-20(30)13-15-21/h12-15,17-19,24,26H,5-11,16H2,1-4H3,(H,33,37)/t24-,26-/m0/s1. The number of likely N-dealkylation sites (tertiary alicyclic amines) is 1. The number of benzene rings is 1. The summed E-state index contributed by atoms with van der Waals surface area (Å²) in [5, 5.41) is 2.86. The lowest BCUT2D eigenvalue weighted by atomic mass is 9.83. The summed E-state index contributed by atoms with van der Waals surface area (Å²) in [6.45, 7) is 5.83.